The molecule has 1 aliphatic heterocycles. The monoisotopic (exact) mass is 469 g/mol. The zero-order valence-corrected chi connectivity index (χ0v) is 18.1. The number of benzene rings is 2. The van der Waals surface area contributed by atoms with Crippen molar-refractivity contribution in [2.24, 2.45) is 5.92 Å². The van der Waals surface area contributed by atoms with Crippen LogP contribution in [0.4, 0.5) is 13.2 Å². The molecule has 0 unspecified atom stereocenters. The summed E-state index contributed by atoms with van der Waals surface area (Å²) in [4.78, 5) is 38.5. The Bertz CT molecular complexity index is 1280. The van der Waals surface area contributed by atoms with Crippen molar-refractivity contribution >= 4 is 28.6 Å². The van der Waals surface area contributed by atoms with Crippen LogP contribution in [0.25, 0.3) is 22.2 Å². The smallest absolute Gasteiger partial charge is 0.226 e. The Morgan fingerprint density at radius 1 is 0.971 bits per heavy atom. The Labute approximate surface area is 192 Å². The molecule has 2 fully saturated rings. The summed E-state index contributed by atoms with van der Waals surface area (Å²) in [5, 5.41) is 5.59. The average Bonchev–Trinajstić information content (AvgIpc) is 3.09. The SMILES string of the molecule is O=C1CC(CC(=O)N[C@H]2C[C@@H](c3c(-c4ccc(F)cc4)[nH]c4c(F)cc(F)cc43)C2)CC(=O)N1. The summed E-state index contributed by atoms with van der Waals surface area (Å²) in [5.74, 6) is -3.15. The van der Waals surface area contributed by atoms with E-state index in [1.807, 2.05) is 0 Å². The summed E-state index contributed by atoms with van der Waals surface area (Å²) in [6.07, 6.45) is 1.49. The largest absolute Gasteiger partial charge is 0.353 e. The summed E-state index contributed by atoms with van der Waals surface area (Å²) in [6.45, 7) is 0. The van der Waals surface area contributed by atoms with Gasteiger partial charge in [0.25, 0.3) is 0 Å². The maximum atomic E-state index is 14.5. The molecule has 3 aromatic rings. The van der Waals surface area contributed by atoms with E-state index in [4.69, 9.17) is 0 Å². The molecular formula is C25H22F3N3O3. The van der Waals surface area contributed by atoms with E-state index in [1.54, 1.807) is 12.1 Å². The Morgan fingerprint density at radius 2 is 1.65 bits per heavy atom. The van der Waals surface area contributed by atoms with E-state index in [0.717, 1.165) is 11.6 Å². The quantitative estimate of drug-likeness (QED) is 0.493. The summed E-state index contributed by atoms with van der Waals surface area (Å²) in [7, 11) is 0. The molecule has 34 heavy (non-hydrogen) atoms. The van der Waals surface area contributed by atoms with Crippen LogP contribution in [0.3, 0.4) is 0 Å². The maximum absolute atomic E-state index is 14.5. The number of imide groups is 1. The topological polar surface area (TPSA) is 91.1 Å². The second-order valence-corrected chi connectivity index (χ2v) is 9.11. The average molecular weight is 469 g/mol. The number of hydrogen-bond acceptors (Lipinski definition) is 3. The van der Waals surface area contributed by atoms with E-state index in [9.17, 15) is 27.6 Å². The van der Waals surface area contributed by atoms with Gasteiger partial charge in [-0.25, -0.2) is 13.2 Å². The Hall–Kier alpha value is -3.62. The number of carbonyl (C=O) groups excluding carboxylic acids is 3. The first kappa shape index (κ1) is 22.2. The van der Waals surface area contributed by atoms with Crippen molar-refractivity contribution in [2.75, 3.05) is 0 Å². The van der Waals surface area contributed by atoms with Gasteiger partial charge in [-0.1, -0.05) is 0 Å². The second-order valence-electron chi connectivity index (χ2n) is 9.11. The first-order chi connectivity index (χ1) is 16.3. The molecule has 2 heterocycles. The summed E-state index contributed by atoms with van der Waals surface area (Å²) >= 11 is 0. The molecule has 0 radical (unpaired) electrons. The van der Waals surface area contributed by atoms with Gasteiger partial charge < -0.3 is 10.3 Å². The molecule has 176 valence electrons. The van der Waals surface area contributed by atoms with E-state index in [1.165, 1.54) is 18.2 Å². The molecule has 0 atom stereocenters. The van der Waals surface area contributed by atoms with Crippen molar-refractivity contribution in [3.05, 3.63) is 59.4 Å². The molecular weight excluding hydrogens is 447 g/mol. The predicted octanol–water partition coefficient (Wildman–Crippen LogP) is 4.06. The van der Waals surface area contributed by atoms with Gasteiger partial charge >= 0.3 is 0 Å². The van der Waals surface area contributed by atoms with Gasteiger partial charge in [0.05, 0.1) is 11.2 Å². The van der Waals surface area contributed by atoms with Crippen LogP contribution in [0.15, 0.2) is 36.4 Å². The molecule has 0 bridgehead atoms. The number of aromatic nitrogens is 1. The van der Waals surface area contributed by atoms with Gasteiger partial charge in [0, 0.05) is 36.8 Å². The van der Waals surface area contributed by atoms with Crippen LogP contribution in [0.5, 0.6) is 0 Å². The number of halogens is 3. The van der Waals surface area contributed by atoms with Crippen molar-refractivity contribution in [2.45, 2.75) is 44.1 Å². The van der Waals surface area contributed by atoms with E-state index in [2.05, 4.69) is 15.6 Å². The lowest BCUT2D eigenvalue weighted by Crippen LogP contribution is -2.45. The van der Waals surface area contributed by atoms with Crippen LogP contribution in [0.1, 0.15) is 43.6 Å². The molecule has 5 rings (SSSR count). The molecule has 2 aliphatic rings. The number of rotatable bonds is 5. The third kappa shape index (κ3) is 4.30. The fraction of sp³-hybridized carbons (Fsp3) is 0.320. The van der Waals surface area contributed by atoms with Crippen molar-refractivity contribution in [3.63, 3.8) is 0 Å². The lowest BCUT2D eigenvalue weighted by Gasteiger charge is -2.37. The normalized spacial score (nSPS) is 20.8. The van der Waals surface area contributed by atoms with Crippen LogP contribution in [-0.4, -0.2) is 28.7 Å². The number of carbonyl (C=O) groups is 3. The van der Waals surface area contributed by atoms with E-state index >= 15 is 0 Å². The molecule has 2 aromatic carbocycles. The van der Waals surface area contributed by atoms with Crippen molar-refractivity contribution < 1.29 is 27.6 Å². The Balaban J connectivity index is 1.33. The van der Waals surface area contributed by atoms with E-state index < -0.39 is 17.5 Å². The highest BCUT2D eigenvalue weighted by Crippen LogP contribution is 2.45. The molecule has 1 aromatic heterocycles. The lowest BCUT2D eigenvalue weighted by molar-refractivity contribution is -0.135. The number of aromatic amines is 1. The first-order valence-corrected chi connectivity index (χ1v) is 11.2. The Kier molecular flexibility index (Phi) is 5.63. The first-order valence-electron chi connectivity index (χ1n) is 11.2. The number of amides is 3. The summed E-state index contributed by atoms with van der Waals surface area (Å²) < 4.78 is 42.0. The van der Waals surface area contributed by atoms with Gasteiger partial charge in [0.1, 0.15) is 17.5 Å². The molecule has 1 aliphatic carbocycles. The van der Waals surface area contributed by atoms with Crippen LogP contribution in [-0.2, 0) is 14.4 Å². The highest BCUT2D eigenvalue weighted by atomic mass is 19.1. The van der Waals surface area contributed by atoms with Crippen LogP contribution >= 0.6 is 0 Å². The number of H-pyrrole nitrogens is 1. The van der Waals surface area contributed by atoms with Gasteiger partial charge in [-0.15, -0.1) is 0 Å². The molecule has 9 heteroatoms. The fourth-order valence-electron chi connectivity index (χ4n) is 5.03. The van der Waals surface area contributed by atoms with E-state index in [0.29, 0.717) is 29.5 Å². The van der Waals surface area contributed by atoms with Crippen molar-refractivity contribution in [1.82, 2.24) is 15.6 Å². The second kappa shape index (κ2) is 8.62. The molecule has 0 spiro atoms. The molecule has 1 saturated carbocycles. The highest BCUT2D eigenvalue weighted by molar-refractivity contribution is 5.98. The molecule has 3 N–H and O–H groups in total. The number of hydrogen-bond donors (Lipinski definition) is 3. The molecule has 3 amide bonds. The minimum absolute atomic E-state index is 0.0673. The molecule has 6 nitrogen and oxygen atoms in total. The lowest BCUT2D eigenvalue weighted by atomic mass is 9.74. The summed E-state index contributed by atoms with van der Waals surface area (Å²) in [6, 6.07) is 7.75. The minimum atomic E-state index is -0.708. The van der Waals surface area contributed by atoms with E-state index in [-0.39, 0.29) is 60.4 Å². The zero-order chi connectivity index (χ0) is 24.0. The molecule has 1 saturated heterocycles. The number of nitrogens with one attached hydrogen (secondary N) is 3. The van der Waals surface area contributed by atoms with Gasteiger partial charge in [-0.2, -0.15) is 0 Å². The third-order valence-electron chi connectivity index (χ3n) is 6.61. The van der Waals surface area contributed by atoms with Crippen molar-refractivity contribution in [3.8, 4) is 11.3 Å². The number of piperidine rings is 1. The standard InChI is InChI=1S/C25H22F3N3O3/c26-15-3-1-13(2-4-15)24-23(18-10-16(27)11-19(28)25(18)31-24)14-8-17(9-14)29-20(32)5-12-6-21(33)30-22(34)7-12/h1-4,10-12,14,17,31H,5-9H2,(H,29,32)(H,30,33,34)/t14-,17+. The van der Waals surface area contributed by atoms with Gasteiger partial charge in [-0.05, 0) is 66.1 Å². The maximum Gasteiger partial charge on any atom is 0.226 e. The predicted molar refractivity (Wildman–Crippen MR) is 118 cm³/mol. The fourth-order valence-corrected chi connectivity index (χ4v) is 5.03. The van der Waals surface area contributed by atoms with Gasteiger partial charge in [0.2, 0.25) is 17.7 Å². The zero-order valence-electron chi connectivity index (χ0n) is 18.1. The van der Waals surface area contributed by atoms with Gasteiger partial charge in [0.15, 0.2) is 0 Å². The van der Waals surface area contributed by atoms with Gasteiger partial charge in [-0.3, -0.25) is 19.7 Å². The van der Waals surface area contributed by atoms with Crippen molar-refractivity contribution in [1.29, 1.82) is 0 Å². The number of fused-ring (bicyclic) bond motifs is 1. The van der Waals surface area contributed by atoms with Crippen LogP contribution in [0.2, 0.25) is 0 Å². The Morgan fingerprint density at radius 3 is 2.32 bits per heavy atom. The minimum Gasteiger partial charge on any atom is -0.353 e. The third-order valence-corrected chi connectivity index (χ3v) is 6.61. The summed E-state index contributed by atoms with van der Waals surface area (Å²) in [5.41, 5.74) is 2.17. The highest BCUT2D eigenvalue weighted by Gasteiger charge is 2.36. The van der Waals surface area contributed by atoms with Crippen LogP contribution in [0, 0.1) is 23.4 Å². The van der Waals surface area contributed by atoms with Crippen LogP contribution < -0.4 is 10.6 Å².